The summed E-state index contributed by atoms with van der Waals surface area (Å²) in [5, 5.41) is 12.2. The molecule has 14 heavy (non-hydrogen) atoms. The largest absolute Gasteiger partial charge is 0.310 e. The van der Waals surface area contributed by atoms with Gasteiger partial charge in [-0.25, -0.2) is 0 Å². The number of rotatable bonds is 2. The minimum Gasteiger partial charge on any atom is -0.310 e. The first-order valence-corrected chi connectivity index (χ1v) is 4.58. The van der Waals surface area contributed by atoms with Crippen molar-refractivity contribution >= 4 is 0 Å². The van der Waals surface area contributed by atoms with Gasteiger partial charge < -0.3 is 4.57 Å². The van der Waals surface area contributed by atoms with Crippen molar-refractivity contribution in [3.8, 4) is 11.5 Å². The molecule has 0 saturated heterocycles. The molecular formula is C9H13N5. The first kappa shape index (κ1) is 8.93. The van der Waals surface area contributed by atoms with Gasteiger partial charge in [-0.2, -0.15) is 5.10 Å². The fourth-order valence-electron chi connectivity index (χ4n) is 1.34. The maximum absolute atomic E-state index is 4.29. The van der Waals surface area contributed by atoms with Gasteiger partial charge in [-0.15, -0.1) is 10.2 Å². The summed E-state index contributed by atoms with van der Waals surface area (Å²) in [6, 6.07) is 2.28. The van der Waals surface area contributed by atoms with Crippen molar-refractivity contribution in [1.29, 1.82) is 0 Å². The molecule has 0 amide bonds. The summed E-state index contributed by atoms with van der Waals surface area (Å²) in [6.07, 6.45) is 3.63. The third-order valence-electron chi connectivity index (χ3n) is 2.07. The molecule has 0 bridgehead atoms. The molecule has 0 saturated carbocycles. The summed E-state index contributed by atoms with van der Waals surface area (Å²) in [7, 11) is 1.89. The molecule has 2 heterocycles. The summed E-state index contributed by atoms with van der Waals surface area (Å²) in [4.78, 5) is 0. The molecular weight excluding hydrogens is 178 g/mol. The fourth-order valence-corrected chi connectivity index (χ4v) is 1.34. The highest BCUT2D eigenvalue weighted by Gasteiger charge is 2.11. The van der Waals surface area contributed by atoms with Crippen molar-refractivity contribution in [3.05, 3.63) is 18.6 Å². The second-order valence-corrected chi connectivity index (χ2v) is 3.53. The molecule has 0 N–H and O–H groups in total. The Kier molecular flexibility index (Phi) is 2.07. The van der Waals surface area contributed by atoms with Crippen LogP contribution < -0.4 is 0 Å². The van der Waals surface area contributed by atoms with E-state index < -0.39 is 0 Å². The quantitative estimate of drug-likeness (QED) is 0.718. The van der Waals surface area contributed by atoms with Crippen LogP contribution in [0.2, 0.25) is 0 Å². The van der Waals surface area contributed by atoms with Crippen LogP contribution in [0, 0.1) is 0 Å². The van der Waals surface area contributed by atoms with E-state index in [0.717, 1.165) is 11.5 Å². The van der Waals surface area contributed by atoms with E-state index >= 15 is 0 Å². The monoisotopic (exact) mass is 191 g/mol. The molecule has 0 aliphatic carbocycles. The van der Waals surface area contributed by atoms with Crippen LogP contribution in [0.25, 0.3) is 11.5 Å². The zero-order valence-corrected chi connectivity index (χ0v) is 8.55. The standard InChI is InChI=1S/C9H13N5/c1-7(2)14-6-10-11-9(14)8-4-5-13(3)12-8/h4-7H,1-3H3. The number of aromatic nitrogens is 5. The summed E-state index contributed by atoms with van der Waals surface area (Å²) in [5.74, 6) is 0.820. The lowest BCUT2D eigenvalue weighted by Gasteiger charge is -2.07. The van der Waals surface area contributed by atoms with Crippen LogP contribution in [0.15, 0.2) is 18.6 Å². The molecule has 5 heteroatoms. The Labute approximate surface area is 82.4 Å². The van der Waals surface area contributed by atoms with Crippen molar-refractivity contribution < 1.29 is 0 Å². The second-order valence-electron chi connectivity index (χ2n) is 3.53. The van der Waals surface area contributed by atoms with Crippen molar-refractivity contribution in [3.63, 3.8) is 0 Å². The maximum atomic E-state index is 4.29. The van der Waals surface area contributed by atoms with E-state index in [1.807, 2.05) is 23.9 Å². The Morgan fingerprint density at radius 1 is 1.36 bits per heavy atom. The van der Waals surface area contributed by atoms with Crippen LogP contribution in [0.5, 0.6) is 0 Å². The van der Waals surface area contributed by atoms with Gasteiger partial charge in [-0.1, -0.05) is 0 Å². The topological polar surface area (TPSA) is 48.5 Å². The van der Waals surface area contributed by atoms with Gasteiger partial charge in [0.2, 0.25) is 0 Å². The molecule has 0 spiro atoms. The van der Waals surface area contributed by atoms with E-state index in [0.29, 0.717) is 6.04 Å². The van der Waals surface area contributed by atoms with Gasteiger partial charge in [0.1, 0.15) is 12.0 Å². The Morgan fingerprint density at radius 3 is 2.71 bits per heavy atom. The van der Waals surface area contributed by atoms with E-state index in [-0.39, 0.29) is 0 Å². The summed E-state index contributed by atoms with van der Waals surface area (Å²) in [5.41, 5.74) is 0.860. The number of hydrogen-bond acceptors (Lipinski definition) is 3. The fraction of sp³-hybridized carbons (Fsp3) is 0.444. The van der Waals surface area contributed by atoms with Crippen LogP contribution >= 0.6 is 0 Å². The number of aryl methyl sites for hydroxylation is 1. The lowest BCUT2D eigenvalue weighted by molar-refractivity contribution is 0.602. The molecule has 0 aliphatic heterocycles. The average molecular weight is 191 g/mol. The van der Waals surface area contributed by atoms with E-state index in [9.17, 15) is 0 Å². The van der Waals surface area contributed by atoms with Gasteiger partial charge in [0.25, 0.3) is 0 Å². The molecule has 0 unspecified atom stereocenters. The Morgan fingerprint density at radius 2 is 2.14 bits per heavy atom. The Bertz CT molecular complexity index is 426. The first-order chi connectivity index (χ1) is 6.68. The van der Waals surface area contributed by atoms with Crippen LogP contribution in [0.4, 0.5) is 0 Å². The lowest BCUT2D eigenvalue weighted by atomic mass is 10.3. The van der Waals surface area contributed by atoms with Crippen molar-refractivity contribution in [2.24, 2.45) is 7.05 Å². The summed E-state index contributed by atoms with van der Waals surface area (Å²) >= 11 is 0. The SMILES string of the molecule is CC(C)n1cnnc1-c1ccn(C)n1. The average Bonchev–Trinajstić information content (AvgIpc) is 2.70. The third-order valence-corrected chi connectivity index (χ3v) is 2.07. The van der Waals surface area contributed by atoms with Gasteiger partial charge in [0, 0.05) is 19.3 Å². The molecule has 0 aliphatic rings. The van der Waals surface area contributed by atoms with Crippen LogP contribution in [-0.4, -0.2) is 24.5 Å². The molecule has 0 radical (unpaired) electrons. The molecule has 0 atom stereocenters. The minimum atomic E-state index is 0.349. The number of hydrogen-bond donors (Lipinski definition) is 0. The van der Waals surface area contributed by atoms with Gasteiger partial charge in [-0.05, 0) is 19.9 Å². The summed E-state index contributed by atoms with van der Waals surface area (Å²) < 4.78 is 3.76. The van der Waals surface area contributed by atoms with Crippen LogP contribution in [-0.2, 0) is 7.05 Å². The third kappa shape index (κ3) is 1.41. The molecule has 2 rings (SSSR count). The molecule has 74 valence electrons. The number of nitrogens with zero attached hydrogens (tertiary/aromatic N) is 5. The van der Waals surface area contributed by atoms with Crippen LogP contribution in [0.1, 0.15) is 19.9 Å². The van der Waals surface area contributed by atoms with Gasteiger partial charge in [-0.3, -0.25) is 4.68 Å². The molecule has 5 nitrogen and oxygen atoms in total. The zero-order valence-electron chi connectivity index (χ0n) is 8.55. The van der Waals surface area contributed by atoms with Crippen LogP contribution in [0.3, 0.4) is 0 Å². The van der Waals surface area contributed by atoms with Crippen molar-refractivity contribution in [2.45, 2.75) is 19.9 Å². The van der Waals surface area contributed by atoms with Gasteiger partial charge in [0.05, 0.1) is 0 Å². The Hall–Kier alpha value is -1.65. The van der Waals surface area contributed by atoms with E-state index in [1.54, 1.807) is 11.0 Å². The highest BCUT2D eigenvalue weighted by atomic mass is 15.3. The van der Waals surface area contributed by atoms with Crippen molar-refractivity contribution in [1.82, 2.24) is 24.5 Å². The highest BCUT2D eigenvalue weighted by molar-refractivity contribution is 5.47. The molecule has 0 aromatic carbocycles. The zero-order chi connectivity index (χ0) is 10.1. The highest BCUT2D eigenvalue weighted by Crippen LogP contribution is 2.17. The molecule has 2 aromatic heterocycles. The molecule has 2 aromatic rings. The smallest absolute Gasteiger partial charge is 0.184 e. The summed E-state index contributed by atoms with van der Waals surface area (Å²) in [6.45, 7) is 4.19. The predicted molar refractivity (Wildman–Crippen MR) is 52.6 cm³/mol. The van der Waals surface area contributed by atoms with Gasteiger partial charge >= 0.3 is 0 Å². The van der Waals surface area contributed by atoms with Gasteiger partial charge in [0.15, 0.2) is 5.82 Å². The normalized spacial score (nSPS) is 11.1. The maximum Gasteiger partial charge on any atom is 0.184 e. The Balaban J connectivity index is 2.46. The lowest BCUT2D eigenvalue weighted by Crippen LogP contribution is -2.02. The van der Waals surface area contributed by atoms with Crippen molar-refractivity contribution in [2.75, 3.05) is 0 Å². The second kappa shape index (κ2) is 3.25. The molecule has 0 fully saturated rings. The first-order valence-electron chi connectivity index (χ1n) is 4.58. The predicted octanol–water partition coefficient (Wildman–Crippen LogP) is 1.26. The van der Waals surface area contributed by atoms with E-state index in [1.165, 1.54) is 0 Å². The van der Waals surface area contributed by atoms with E-state index in [4.69, 9.17) is 0 Å². The van der Waals surface area contributed by atoms with E-state index in [2.05, 4.69) is 29.1 Å². The minimum absolute atomic E-state index is 0.349.